The standard InChI is InChI=1S/C16H20O/c1-10(2)14-11(3)16(17)12(4)15(14)13-8-6-5-7-9-13/h5-11,14H,1-4H3. The number of Topliss-reactive ketones (excluding diaryl/α,β-unsaturated/α-hetero) is 1. The second kappa shape index (κ2) is 4.48. The highest BCUT2D eigenvalue weighted by atomic mass is 16.1. The quantitative estimate of drug-likeness (QED) is 0.749. The molecule has 0 N–H and O–H groups in total. The lowest BCUT2D eigenvalue weighted by molar-refractivity contribution is -0.118. The molecular formula is C16H20O. The first kappa shape index (κ1) is 12.1. The number of carbonyl (C=O) groups excluding carboxylic acids is 1. The number of benzene rings is 1. The Kier molecular flexibility index (Phi) is 3.19. The lowest BCUT2D eigenvalue weighted by Crippen LogP contribution is -2.19. The molecule has 0 heterocycles. The fraction of sp³-hybridized carbons (Fsp3) is 0.438. The summed E-state index contributed by atoms with van der Waals surface area (Å²) in [5, 5.41) is 0. The van der Waals surface area contributed by atoms with Crippen molar-refractivity contribution in [2.75, 3.05) is 0 Å². The van der Waals surface area contributed by atoms with E-state index in [4.69, 9.17) is 0 Å². The van der Waals surface area contributed by atoms with Crippen LogP contribution in [0.2, 0.25) is 0 Å². The van der Waals surface area contributed by atoms with Gasteiger partial charge in [-0.05, 0) is 35.5 Å². The predicted octanol–water partition coefficient (Wildman–Crippen LogP) is 3.95. The molecule has 0 fully saturated rings. The normalized spacial score (nSPS) is 24.9. The van der Waals surface area contributed by atoms with E-state index in [-0.39, 0.29) is 5.92 Å². The maximum absolute atomic E-state index is 12.1. The lowest BCUT2D eigenvalue weighted by atomic mass is 9.80. The molecule has 0 spiro atoms. The molecule has 1 heteroatoms. The molecule has 1 aromatic carbocycles. The van der Waals surface area contributed by atoms with E-state index in [0.717, 1.165) is 5.57 Å². The summed E-state index contributed by atoms with van der Waals surface area (Å²) >= 11 is 0. The van der Waals surface area contributed by atoms with Gasteiger partial charge in [0.2, 0.25) is 0 Å². The van der Waals surface area contributed by atoms with Gasteiger partial charge in [-0.3, -0.25) is 4.79 Å². The molecule has 1 nitrogen and oxygen atoms in total. The number of carbonyl (C=O) groups is 1. The zero-order valence-corrected chi connectivity index (χ0v) is 11.0. The number of hydrogen-bond acceptors (Lipinski definition) is 1. The molecule has 2 unspecified atom stereocenters. The van der Waals surface area contributed by atoms with E-state index in [1.54, 1.807) is 0 Å². The summed E-state index contributed by atoms with van der Waals surface area (Å²) < 4.78 is 0. The Bertz CT molecular complexity index is 454. The van der Waals surface area contributed by atoms with Crippen LogP contribution in [-0.2, 0) is 4.79 Å². The van der Waals surface area contributed by atoms with E-state index in [1.807, 2.05) is 25.1 Å². The molecule has 0 aliphatic heterocycles. The topological polar surface area (TPSA) is 17.1 Å². The summed E-state index contributed by atoms with van der Waals surface area (Å²) in [5.41, 5.74) is 3.43. The van der Waals surface area contributed by atoms with Crippen LogP contribution in [-0.4, -0.2) is 5.78 Å². The zero-order valence-electron chi connectivity index (χ0n) is 11.0. The van der Waals surface area contributed by atoms with Gasteiger partial charge >= 0.3 is 0 Å². The molecule has 0 saturated heterocycles. The van der Waals surface area contributed by atoms with E-state index in [9.17, 15) is 4.79 Å². The lowest BCUT2D eigenvalue weighted by Gasteiger charge is -2.23. The second-order valence-corrected chi connectivity index (χ2v) is 5.33. The molecule has 0 bridgehead atoms. The predicted molar refractivity (Wildman–Crippen MR) is 71.5 cm³/mol. The van der Waals surface area contributed by atoms with E-state index in [2.05, 4.69) is 32.9 Å². The molecule has 17 heavy (non-hydrogen) atoms. The molecular weight excluding hydrogens is 208 g/mol. The highest BCUT2D eigenvalue weighted by Crippen LogP contribution is 2.44. The maximum Gasteiger partial charge on any atom is 0.162 e. The molecule has 1 aliphatic carbocycles. The van der Waals surface area contributed by atoms with Gasteiger partial charge in [0.15, 0.2) is 5.78 Å². The Labute approximate surface area is 104 Å². The first-order valence-corrected chi connectivity index (χ1v) is 6.34. The Morgan fingerprint density at radius 1 is 1.12 bits per heavy atom. The SMILES string of the molecule is CC1=C(c2ccccc2)C(C(C)C)C(C)C1=O. The van der Waals surface area contributed by atoms with E-state index in [0.29, 0.717) is 17.6 Å². The van der Waals surface area contributed by atoms with Crippen LogP contribution in [0.4, 0.5) is 0 Å². The smallest absolute Gasteiger partial charge is 0.162 e. The summed E-state index contributed by atoms with van der Waals surface area (Å²) in [6.45, 7) is 8.45. The summed E-state index contributed by atoms with van der Waals surface area (Å²) in [6, 6.07) is 10.3. The average Bonchev–Trinajstić information content (AvgIpc) is 2.55. The first-order chi connectivity index (χ1) is 8.04. The van der Waals surface area contributed by atoms with Crippen LogP contribution in [0.1, 0.15) is 33.3 Å². The number of allylic oxidation sites excluding steroid dienone is 2. The van der Waals surface area contributed by atoms with Crippen molar-refractivity contribution in [1.29, 1.82) is 0 Å². The minimum absolute atomic E-state index is 0.130. The zero-order chi connectivity index (χ0) is 12.6. The van der Waals surface area contributed by atoms with Crippen molar-refractivity contribution in [3.63, 3.8) is 0 Å². The Morgan fingerprint density at radius 2 is 1.71 bits per heavy atom. The summed E-state index contributed by atoms with van der Waals surface area (Å²) in [4.78, 5) is 12.1. The second-order valence-electron chi connectivity index (χ2n) is 5.33. The highest BCUT2D eigenvalue weighted by Gasteiger charge is 2.38. The highest BCUT2D eigenvalue weighted by molar-refractivity contribution is 6.08. The van der Waals surface area contributed by atoms with Crippen LogP contribution in [0.25, 0.3) is 5.57 Å². The van der Waals surface area contributed by atoms with Crippen molar-refractivity contribution >= 4 is 11.4 Å². The fourth-order valence-electron chi connectivity index (χ4n) is 3.07. The molecule has 90 valence electrons. The van der Waals surface area contributed by atoms with Gasteiger partial charge < -0.3 is 0 Å². The van der Waals surface area contributed by atoms with E-state index < -0.39 is 0 Å². The van der Waals surface area contributed by atoms with Crippen LogP contribution >= 0.6 is 0 Å². The van der Waals surface area contributed by atoms with Gasteiger partial charge in [0.25, 0.3) is 0 Å². The van der Waals surface area contributed by atoms with Gasteiger partial charge in [-0.25, -0.2) is 0 Å². The van der Waals surface area contributed by atoms with Crippen molar-refractivity contribution in [2.45, 2.75) is 27.7 Å². The van der Waals surface area contributed by atoms with Crippen molar-refractivity contribution in [3.8, 4) is 0 Å². The monoisotopic (exact) mass is 228 g/mol. The van der Waals surface area contributed by atoms with Crippen LogP contribution in [0.5, 0.6) is 0 Å². The van der Waals surface area contributed by atoms with Crippen molar-refractivity contribution in [2.24, 2.45) is 17.8 Å². The summed E-state index contributed by atoms with van der Waals surface area (Å²) in [5.74, 6) is 1.32. The summed E-state index contributed by atoms with van der Waals surface area (Å²) in [6.07, 6.45) is 0. The van der Waals surface area contributed by atoms with E-state index in [1.165, 1.54) is 11.1 Å². The van der Waals surface area contributed by atoms with Crippen LogP contribution in [0, 0.1) is 17.8 Å². The van der Waals surface area contributed by atoms with Gasteiger partial charge in [0.1, 0.15) is 0 Å². The van der Waals surface area contributed by atoms with Crippen LogP contribution in [0.15, 0.2) is 35.9 Å². The molecule has 1 aromatic rings. The minimum Gasteiger partial charge on any atom is -0.294 e. The molecule has 2 rings (SSSR count). The van der Waals surface area contributed by atoms with Gasteiger partial charge in [0, 0.05) is 5.92 Å². The molecule has 2 atom stereocenters. The fourth-order valence-corrected chi connectivity index (χ4v) is 3.07. The molecule has 0 amide bonds. The average molecular weight is 228 g/mol. The van der Waals surface area contributed by atoms with E-state index >= 15 is 0 Å². The van der Waals surface area contributed by atoms with Gasteiger partial charge in [0.05, 0.1) is 0 Å². The Balaban J connectivity index is 2.53. The molecule has 0 aromatic heterocycles. The third-order valence-corrected chi connectivity index (χ3v) is 3.86. The number of rotatable bonds is 2. The molecule has 0 saturated carbocycles. The van der Waals surface area contributed by atoms with Gasteiger partial charge in [-0.1, -0.05) is 51.1 Å². The first-order valence-electron chi connectivity index (χ1n) is 6.34. The molecule has 0 radical (unpaired) electrons. The molecule has 1 aliphatic rings. The number of hydrogen-bond donors (Lipinski definition) is 0. The van der Waals surface area contributed by atoms with Crippen molar-refractivity contribution in [1.82, 2.24) is 0 Å². The minimum atomic E-state index is 0.130. The maximum atomic E-state index is 12.1. The Hall–Kier alpha value is -1.37. The van der Waals surface area contributed by atoms with Gasteiger partial charge in [-0.2, -0.15) is 0 Å². The Morgan fingerprint density at radius 3 is 2.24 bits per heavy atom. The van der Waals surface area contributed by atoms with Crippen LogP contribution < -0.4 is 0 Å². The van der Waals surface area contributed by atoms with Gasteiger partial charge in [-0.15, -0.1) is 0 Å². The summed E-state index contributed by atoms with van der Waals surface area (Å²) in [7, 11) is 0. The largest absolute Gasteiger partial charge is 0.294 e. The third-order valence-electron chi connectivity index (χ3n) is 3.86. The van der Waals surface area contributed by atoms with Crippen molar-refractivity contribution in [3.05, 3.63) is 41.5 Å². The third kappa shape index (κ3) is 1.95. The van der Waals surface area contributed by atoms with Crippen molar-refractivity contribution < 1.29 is 4.79 Å². The van der Waals surface area contributed by atoms with Crippen LogP contribution in [0.3, 0.4) is 0 Å². The number of ketones is 1.